The maximum absolute atomic E-state index is 12.0. The zero-order chi connectivity index (χ0) is 12.9. The Morgan fingerprint density at radius 3 is 2.53 bits per heavy atom. The van der Waals surface area contributed by atoms with E-state index in [2.05, 4.69) is 38.0 Å². The normalized spacial score (nSPS) is 19.2. The van der Waals surface area contributed by atoms with Crippen molar-refractivity contribution in [3.05, 3.63) is 0 Å². The molecule has 0 aromatic rings. The molecule has 100 valence electrons. The largest absolute Gasteiger partial charge is 0.341 e. The molecule has 17 heavy (non-hydrogen) atoms. The molecule has 1 aliphatic rings. The van der Waals surface area contributed by atoms with Crippen LogP contribution in [0.15, 0.2) is 0 Å². The van der Waals surface area contributed by atoms with Crippen molar-refractivity contribution in [2.45, 2.75) is 39.2 Å². The first-order valence-electron chi connectivity index (χ1n) is 6.60. The average molecular weight is 241 g/mol. The highest BCUT2D eigenvalue weighted by Crippen LogP contribution is 2.04. The molecule has 4 nitrogen and oxygen atoms in total. The monoisotopic (exact) mass is 241 g/mol. The minimum atomic E-state index is 0.0965. The molecule has 0 spiro atoms. The average Bonchev–Trinajstić information content (AvgIpc) is 2.41. The summed E-state index contributed by atoms with van der Waals surface area (Å²) in [6.07, 6.45) is 1.70. The topological polar surface area (TPSA) is 35.6 Å². The van der Waals surface area contributed by atoms with Gasteiger partial charge in [-0.3, -0.25) is 4.79 Å². The van der Waals surface area contributed by atoms with Gasteiger partial charge < -0.3 is 15.1 Å². The van der Waals surface area contributed by atoms with Gasteiger partial charge in [-0.15, -0.1) is 0 Å². The Morgan fingerprint density at radius 2 is 1.88 bits per heavy atom. The van der Waals surface area contributed by atoms with Gasteiger partial charge in [-0.2, -0.15) is 0 Å². The second-order valence-corrected chi connectivity index (χ2v) is 5.96. The maximum Gasteiger partial charge on any atom is 0.223 e. The predicted octanol–water partition coefficient (Wildman–Crippen LogP) is 0.929. The van der Waals surface area contributed by atoms with E-state index in [1.165, 1.54) is 0 Å². The molecule has 0 bridgehead atoms. The molecule has 0 aliphatic carbocycles. The number of likely N-dealkylation sites (N-methyl/N-ethyl adjacent to an activating group) is 1. The summed E-state index contributed by atoms with van der Waals surface area (Å²) in [6.45, 7) is 11.0. The van der Waals surface area contributed by atoms with E-state index in [9.17, 15) is 4.79 Å². The number of carbonyl (C=O) groups is 1. The number of carbonyl (C=O) groups excluding carboxylic acids is 1. The number of nitrogens with zero attached hydrogens (tertiary/aromatic N) is 2. The molecule has 1 saturated heterocycles. The van der Waals surface area contributed by atoms with Gasteiger partial charge in [-0.25, -0.2) is 0 Å². The molecule has 0 aromatic carbocycles. The lowest BCUT2D eigenvalue weighted by Crippen LogP contribution is -2.40. The Bertz CT molecular complexity index is 248. The van der Waals surface area contributed by atoms with E-state index in [1.54, 1.807) is 0 Å². The summed E-state index contributed by atoms with van der Waals surface area (Å²) >= 11 is 0. The molecule has 1 amide bonds. The van der Waals surface area contributed by atoms with Crippen LogP contribution in [0.3, 0.4) is 0 Å². The minimum absolute atomic E-state index is 0.0965. The Kier molecular flexibility index (Phi) is 5.40. The van der Waals surface area contributed by atoms with E-state index < -0.39 is 0 Å². The third-order valence-electron chi connectivity index (χ3n) is 3.07. The first kappa shape index (κ1) is 14.5. The van der Waals surface area contributed by atoms with E-state index in [0.29, 0.717) is 6.42 Å². The molecule has 0 radical (unpaired) electrons. The summed E-state index contributed by atoms with van der Waals surface area (Å²) in [5.74, 6) is 0.289. The summed E-state index contributed by atoms with van der Waals surface area (Å²) in [5.41, 5.74) is 0.0965. The third kappa shape index (κ3) is 6.03. The molecule has 1 aliphatic heterocycles. The van der Waals surface area contributed by atoms with E-state index >= 15 is 0 Å². The van der Waals surface area contributed by atoms with Gasteiger partial charge in [-0.1, -0.05) is 0 Å². The fourth-order valence-corrected chi connectivity index (χ4v) is 2.00. The van der Waals surface area contributed by atoms with Crippen molar-refractivity contribution in [3.63, 3.8) is 0 Å². The number of nitrogens with one attached hydrogen (secondary N) is 1. The molecule has 1 heterocycles. The Hall–Kier alpha value is -0.610. The van der Waals surface area contributed by atoms with Crippen molar-refractivity contribution in [1.29, 1.82) is 0 Å². The fourth-order valence-electron chi connectivity index (χ4n) is 2.00. The number of rotatable bonds is 3. The van der Waals surface area contributed by atoms with Gasteiger partial charge >= 0.3 is 0 Å². The number of amides is 1. The van der Waals surface area contributed by atoms with Crippen molar-refractivity contribution in [2.24, 2.45) is 0 Å². The van der Waals surface area contributed by atoms with E-state index in [4.69, 9.17) is 0 Å². The second kappa shape index (κ2) is 6.36. The Morgan fingerprint density at radius 1 is 1.18 bits per heavy atom. The molecular formula is C13H27N3O. The van der Waals surface area contributed by atoms with E-state index in [1.807, 2.05) is 4.90 Å². The standard InChI is InChI=1S/C13H27N3O/c1-13(2,3)14-7-6-12(17)16-9-5-8-15(4)10-11-16/h14H,5-11H2,1-4H3. The van der Waals surface area contributed by atoms with Gasteiger partial charge in [0, 0.05) is 38.1 Å². The van der Waals surface area contributed by atoms with Crippen LogP contribution in [-0.4, -0.2) is 61.0 Å². The third-order valence-corrected chi connectivity index (χ3v) is 3.07. The molecule has 1 N–H and O–H groups in total. The lowest BCUT2D eigenvalue weighted by molar-refractivity contribution is -0.131. The lowest BCUT2D eigenvalue weighted by atomic mass is 10.1. The molecule has 4 heteroatoms. The zero-order valence-corrected chi connectivity index (χ0v) is 11.8. The van der Waals surface area contributed by atoms with Crippen LogP contribution in [0, 0.1) is 0 Å². The van der Waals surface area contributed by atoms with E-state index in [-0.39, 0.29) is 11.4 Å². The van der Waals surface area contributed by atoms with Crippen molar-refractivity contribution in [3.8, 4) is 0 Å². The van der Waals surface area contributed by atoms with Crippen LogP contribution < -0.4 is 5.32 Å². The molecule has 0 atom stereocenters. The smallest absolute Gasteiger partial charge is 0.223 e. The van der Waals surface area contributed by atoms with Crippen LogP contribution in [0.4, 0.5) is 0 Å². The van der Waals surface area contributed by atoms with Crippen molar-refractivity contribution < 1.29 is 4.79 Å². The summed E-state index contributed by atoms with van der Waals surface area (Å²) in [5, 5.41) is 3.36. The van der Waals surface area contributed by atoms with E-state index in [0.717, 1.165) is 39.1 Å². The molecule has 0 saturated carbocycles. The second-order valence-electron chi connectivity index (χ2n) is 5.96. The molecular weight excluding hydrogens is 214 g/mol. The van der Waals surface area contributed by atoms with Crippen LogP contribution >= 0.6 is 0 Å². The van der Waals surface area contributed by atoms with Gasteiger partial charge in [0.1, 0.15) is 0 Å². The quantitative estimate of drug-likeness (QED) is 0.798. The molecule has 1 fully saturated rings. The highest BCUT2D eigenvalue weighted by molar-refractivity contribution is 5.76. The molecule has 1 rings (SSSR count). The van der Waals surface area contributed by atoms with Crippen molar-refractivity contribution >= 4 is 5.91 Å². The van der Waals surface area contributed by atoms with Crippen molar-refractivity contribution in [2.75, 3.05) is 39.8 Å². The number of hydrogen-bond acceptors (Lipinski definition) is 3. The maximum atomic E-state index is 12.0. The first-order valence-corrected chi connectivity index (χ1v) is 6.60. The number of hydrogen-bond donors (Lipinski definition) is 1. The van der Waals surface area contributed by atoms with Gasteiger partial charge in [0.25, 0.3) is 0 Å². The highest BCUT2D eigenvalue weighted by atomic mass is 16.2. The zero-order valence-electron chi connectivity index (χ0n) is 11.8. The van der Waals surface area contributed by atoms with Crippen LogP contribution in [0.25, 0.3) is 0 Å². The fraction of sp³-hybridized carbons (Fsp3) is 0.923. The first-order chi connectivity index (χ1) is 7.88. The Balaban J connectivity index is 2.27. The summed E-state index contributed by atoms with van der Waals surface area (Å²) in [7, 11) is 2.12. The summed E-state index contributed by atoms with van der Waals surface area (Å²) < 4.78 is 0. The van der Waals surface area contributed by atoms with Crippen LogP contribution in [0.2, 0.25) is 0 Å². The summed E-state index contributed by atoms with van der Waals surface area (Å²) in [4.78, 5) is 16.3. The Labute approximate surface area is 105 Å². The van der Waals surface area contributed by atoms with Crippen LogP contribution in [0.1, 0.15) is 33.6 Å². The van der Waals surface area contributed by atoms with Crippen LogP contribution in [0.5, 0.6) is 0 Å². The molecule has 0 unspecified atom stereocenters. The van der Waals surface area contributed by atoms with Crippen molar-refractivity contribution in [1.82, 2.24) is 15.1 Å². The lowest BCUT2D eigenvalue weighted by Gasteiger charge is -2.23. The minimum Gasteiger partial charge on any atom is -0.341 e. The van der Waals surface area contributed by atoms with Crippen LogP contribution in [-0.2, 0) is 4.79 Å². The van der Waals surface area contributed by atoms with Gasteiger partial charge in [-0.05, 0) is 40.8 Å². The van der Waals surface area contributed by atoms with Gasteiger partial charge in [0.2, 0.25) is 5.91 Å². The van der Waals surface area contributed by atoms with Gasteiger partial charge in [0.05, 0.1) is 0 Å². The predicted molar refractivity (Wildman–Crippen MR) is 71.1 cm³/mol. The summed E-state index contributed by atoms with van der Waals surface area (Å²) in [6, 6.07) is 0. The molecule has 0 aromatic heterocycles. The van der Waals surface area contributed by atoms with Gasteiger partial charge in [0.15, 0.2) is 0 Å². The SMILES string of the molecule is CN1CCCN(C(=O)CCNC(C)(C)C)CC1. The highest BCUT2D eigenvalue weighted by Gasteiger charge is 2.17.